The Kier molecular flexibility index (Phi) is 2.52. The maximum absolute atomic E-state index is 10.6. The molecule has 0 bridgehead atoms. The van der Waals surface area contributed by atoms with Crippen LogP contribution in [0.25, 0.3) is 11.1 Å². The minimum absolute atomic E-state index is 0.00787. The molecule has 2 radical (unpaired) electrons. The minimum atomic E-state index is -1.23. The Balaban J connectivity index is 2.06. The van der Waals surface area contributed by atoms with Crippen molar-refractivity contribution in [3.8, 4) is 11.1 Å². The number of hydrogen-bond acceptors (Lipinski definition) is 2. The predicted molar refractivity (Wildman–Crippen MR) is 67.2 cm³/mol. The zero-order valence-corrected chi connectivity index (χ0v) is 9.67. The van der Waals surface area contributed by atoms with Crippen LogP contribution in [-0.4, -0.2) is 12.7 Å². The van der Waals surface area contributed by atoms with E-state index in [-0.39, 0.29) is 12.5 Å². The fourth-order valence-electron chi connectivity index (χ4n) is 2.59. The molecule has 0 saturated heterocycles. The summed E-state index contributed by atoms with van der Waals surface area (Å²) in [7, 11) is 0. The number of ether oxygens (including phenoxy) is 1. The van der Waals surface area contributed by atoms with Gasteiger partial charge >= 0.3 is 6.09 Å². The van der Waals surface area contributed by atoms with Crippen molar-refractivity contribution in [1.82, 2.24) is 5.73 Å². The molecule has 18 heavy (non-hydrogen) atoms. The first-order valence-electron chi connectivity index (χ1n) is 5.81. The molecule has 2 aromatic carbocycles. The summed E-state index contributed by atoms with van der Waals surface area (Å²) in [5.74, 6) is 0.00787. The molecule has 0 heterocycles. The minimum Gasteiger partial charge on any atom is -0.446 e. The van der Waals surface area contributed by atoms with Gasteiger partial charge in [-0.1, -0.05) is 54.3 Å². The van der Waals surface area contributed by atoms with E-state index < -0.39 is 6.09 Å². The molecular formula is C15H11NO2. The van der Waals surface area contributed by atoms with Gasteiger partial charge in [-0.05, 0) is 22.3 Å². The zero-order chi connectivity index (χ0) is 12.5. The molecule has 0 fully saturated rings. The van der Waals surface area contributed by atoms with E-state index in [1.165, 1.54) is 11.1 Å². The van der Waals surface area contributed by atoms with Gasteiger partial charge in [-0.2, -0.15) is 0 Å². The number of carbonyl (C=O) groups is 1. The molecular weight excluding hydrogens is 226 g/mol. The van der Waals surface area contributed by atoms with Crippen LogP contribution in [0, 0.1) is 0 Å². The highest BCUT2D eigenvalue weighted by molar-refractivity contribution is 5.79. The fourth-order valence-corrected chi connectivity index (χ4v) is 2.59. The summed E-state index contributed by atoms with van der Waals surface area (Å²) in [5, 5.41) is 0. The summed E-state index contributed by atoms with van der Waals surface area (Å²) in [6.45, 7) is 0.170. The van der Waals surface area contributed by atoms with Crippen LogP contribution in [-0.2, 0) is 4.74 Å². The molecule has 3 nitrogen and oxygen atoms in total. The van der Waals surface area contributed by atoms with Gasteiger partial charge < -0.3 is 4.74 Å². The van der Waals surface area contributed by atoms with Crippen molar-refractivity contribution in [3.05, 3.63) is 59.7 Å². The molecule has 0 aliphatic heterocycles. The van der Waals surface area contributed by atoms with Gasteiger partial charge in [0.2, 0.25) is 0 Å². The summed E-state index contributed by atoms with van der Waals surface area (Å²) in [6, 6.07) is 16.1. The SMILES string of the molecule is [N]C(=O)OCC1c2ccccc2-c2ccccc21. The number of hydrogen-bond donors (Lipinski definition) is 0. The molecule has 1 aliphatic rings. The maximum Gasteiger partial charge on any atom is 0.452 e. The molecule has 0 unspecified atom stereocenters. The van der Waals surface area contributed by atoms with Crippen molar-refractivity contribution in [2.75, 3.05) is 6.61 Å². The lowest BCUT2D eigenvalue weighted by Crippen LogP contribution is -2.11. The van der Waals surface area contributed by atoms with E-state index >= 15 is 0 Å². The Morgan fingerprint density at radius 3 is 2.00 bits per heavy atom. The van der Waals surface area contributed by atoms with Gasteiger partial charge in [0.05, 0.1) is 0 Å². The summed E-state index contributed by atoms with van der Waals surface area (Å²) >= 11 is 0. The first kappa shape index (κ1) is 10.8. The van der Waals surface area contributed by atoms with Crippen molar-refractivity contribution in [1.29, 1.82) is 0 Å². The Bertz CT molecular complexity index is 561. The lowest BCUT2D eigenvalue weighted by molar-refractivity contribution is 0.151. The third-order valence-electron chi connectivity index (χ3n) is 3.34. The van der Waals surface area contributed by atoms with Gasteiger partial charge in [-0.25, -0.2) is 4.79 Å². The van der Waals surface area contributed by atoms with Gasteiger partial charge in [0.15, 0.2) is 0 Å². The second kappa shape index (κ2) is 4.18. The van der Waals surface area contributed by atoms with Gasteiger partial charge in [0, 0.05) is 5.92 Å². The monoisotopic (exact) mass is 237 g/mol. The average molecular weight is 237 g/mol. The third-order valence-corrected chi connectivity index (χ3v) is 3.34. The van der Waals surface area contributed by atoms with E-state index in [2.05, 4.69) is 12.1 Å². The Morgan fingerprint density at radius 1 is 1.00 bits per heavy atom. The van der Waals surface area contributed by atoms with Crippen molar-refractivity contribution >= 4 is 6.09 Å². The Morgan fingerprint density at radius 2 is 1.50 bits per heavy atom. The second-order valence-corrected chi connectivity index (χ2v) is 4.30. The summed E-state index contributed by atoms with van der Waals surface area (Å²) < 4.78 is 4.76. The molecule has 0 saturated carbocycles. The van der Waals surface area contributed by atoms with Crippen molar-refractivity contribution in [2.45, 2.75) is 5.92 Å². The first-order valence-corrected chi connectivity index (χ1v) is 5.81. The molecule has 2 aromatic rings. The van der Waals surface area contributed by atoms with E-state index in [1.807, 2.05) is 36.4 Å². The summed E-state index contributed by atoms with van der Waals surface area (Å²) in [5.41, 5.74) is 13.3. The van der Waals surface area contributed by atoms with E-state index in [1.54, 1.807) is 0 Å². The topological polar surface area (TPSA) is 48.6 Å². The predicted octanol–water partition coefficient (Wildman–Crippen LogP) is 3.00. The Labute approximate surface area is 105 Å². The van der Waals surface area contributed by atoms with Crippen LogP contribution in [0.4, 0.5) is 4.79 Å². The van der Waals surface area contributed by atoms with Crippen LogP contribution >= 0.6 is 0 Å². The number of fused-ring (bicyclic) bond motifs is 3. The zero-order valence-electron chi connectivity index (χ0n) is 9.67. The smallest absolute Gasteiger partial charge is 0.446 e. The van der Waals surface area contributed by atoms with Crippen molar-refractivity contribution < 1.29 is 9.53 Å². The molecule has 0 N–H and O–H groups in total. The highest BCUT2D eigenvalue weighted by Gasteiger charge is 2.28. The molecule has 3 rings (SSSR count). The van der Waals surface area contributed by atoms with E-state index in [9.17, 15) is 4.79 Å². The van der Waals surface area contributed by atoms with Crippen LogP contribution in [0.2, 0.25) is 0 Å². The standard InChI is InChI=1S/C15H11NO2/c16-15(17)18-9-14-12-7-3-1-5-10(12)11-6-2-4-8-13(11)14/h1-8,14H,9H2. The van der Waals surface area contributed by atoms with Crippen LogP contribution < -0.4 is 5.73 Å². The quantitative estimate of drug-likeness (QED) is 0.806. The fraction of sp³-hybridized carbons (Fsp3) is 0.133. The first-order chi connectivity index (χ1) is 8.77. The van der Waals surface area contributed by atoms with Gasteiger partial charge in [0.25, 0.3) is 0 Å². The van der Waals surface area contributed by atoms with Gasteiger partial charge in [-0.15, -0.1) is 0 Å². The molecule has 3 heteroatoms. The molecule has 1 amide bonds. The van der Waals surface area contributed by atoms with Gasteiger partial charge in [-0.3, -0.25) is 0 Å². The van der Waals surface area contributed by atoms with Gasteiger partial charge in [0.1, 0.15) is 6.61 Å². The molecule has 0 spiro atoms. The number of rotatable bonds is 2. The number of benzene rings is 2. The van der Waals surface area contributed by atoms with Crippen LogP contribution in [0.1, 0.15) is 17.0 Å². The van der Waals surface area contributed by atoms with Crippen molar-refractivity contribution in [2.24, 2.45) is 0 Å². The van der Waals surface area contributed by atoms with E-state index in [0.29, 0.717) is 0 Å². The Hall–Kier alpha value is -2.29. The molecule has 0 aromatic heterocycles. The maximum atomic E-state index is 10.6. The highest BCUT2D eigenvalue weighted by atomic mass is 16.5. The average Bonchev–Trinajstić information content (AvgIpc) is 2.71. The van der Waals surface area contributed by atoms with E-state index in [0.717, 1.165) is 11.1 Å². The lowest BCUT2D eigenvalue weighted by Gasteiger charge is -2.12. The van der Waals surface area contributed by atoms with E-state index in [4.69, 9.17) is 10.5 Å². The van der Waals surface area contributed by atoms with Crippen molar-refractivity contribution in [3.63, 3.8) is 0 Å². The largest absolute Gasteiger partial charge is 0.452 e. The van der Waals surface area contributed by atoms with Crippen LogP contribution in [0.3, 0.4) is 0 Å². The summed E-state index contributed by atoms with van der Waals surface area (Å²) in [4.78, 5) is 10.6. The number of amides is 1. The molecule has 0 atom stereocenters. The molecule has 1 aliphatic carbocycles. The lowest BCUT2D eigenvalue weighted by atomic mass is 9.98. The summed E-state index contributed by atoms with van der Waals surface area (Å²) in [6.07, 6.45) is -1.23. The highest BCUT2D eigenvalue weighted by Crippen LogP contribution is 2.44. The van der Waals surface area contributed by atoms with Crippen LogP contribution in [0.5, 0.6) is 0 Å². The number of carbonyl (C=O) groups excluding carboxylic acids is 1. The number of nitrogens with zero attached hydrogens (tertiary/aromatic N) is 1. The normalized spacial score (nSPS) is 12.9. The second-order valence-electron chi connectivity index (χ2n) is 4.30. The van der Waals surface area contributed by atoms with Crippen LogP contribution in [0.15, 0.2) is 48.5 Å². The molecule has 88 valence electrons. The third kappa shape index (κ3) is 1.64.